The number of hydrogen-bond acceptors (Lipinski definition) is 3. The van der Waals surface area contributed by atoms with E-state index < -0.39 is 0 Å². The first-order valence-corrected chi connectivity index (χ1v) is 8.68. The van der Waals surface area contributed by atoms with E-state index in [1.165, 1.54) is 0 Å². The molecule has 4 nitrogen and oxygen atoms in total. The third-order valence-electron chi connectivity index (χ3n) is 3.99. The Hall–Kier alpha value is -1.49. The molecule has 3 rings (SSSR count). The molecule has 2 aliphatic heterocycles. The van der Waals surface area contributed by atoms with Crippen molar-refractivity contribution in [2.24, 2.45) is 0 Å². The molecule has 2 heterocycles. The summed E-state index contributed by atoms with van der Waals surface area (Å²) in [6, 6.07) is 7.51. The Morgan fingerprint density at radius 2 is 2.00 bits per heavy atom. The number of amides is 2. The summed E-state index contributed by atoms with van der Waals surface area (Å²) in [7, 11) is 0. The summed E-state index contributed by atoms with van der Waals surface area (Å²) in [6.07, 6.45) is 2.57. The molecule has 2 aliphatic rings. The second-order valence-corrected chi connectivity index (χ2v) is 6.68. The Morgan fingerprint density at radius 1 is 1.10 bits per heavy atom. The Morgan fingerprint density at radius 3 is 2.81 bits per heavy atom. The van der Waals surface area contributed by atoms with Crippen LogP contribution in [0.5, 0.6) is 0 Å². The van der Waals surface area contributed by atoms with Crippen molar-refractivity contribution in [3.05, 3.63) is 29.8 Å². The van der Waals surface area contributed by atoms with Gasteiger partial charge in [-0.1, -0.05) is 6.07 Å². The summed E-state index contributed by atoms with van der Waals surface area (Å²) in [5, 5.41) is 0. The molecule has 21 heavy (non-hydrogen) atoms. The molecule has 0 N–H and O–H groups in total. The highest BCUT2D eigenvalue weighted by molar-refractivity contribution is 7.99. The first kappa shape index (κ1) is 14.4. The molecule has 2 amide bonds. The van der Waals surface area contributed by atoms with Crippen molar-refractivity contribution in [2.45, 2.75) is 19.3 Å². The van der Waals surface area contributed by atoms with Gasteiger partial charge in [0.25, 0.3) is 5.91 Å². The van der Waals surface area contributed by atoms with Gasteiger partial charge in [-0.15, -0.1) is 0 Å². The number of anilines is 1. The van der Waals surface area contributed by atoms with Crippen LogP contribution < -0.4 is 4.90 Å². The molecule has 0 aromatic heterocycles. The number of hydrogen-bond donors (Lipinski definition) is 0. The standard InChI is InChI=1S/C16H20N2O2S/c19-15-6-2-8-18(15)14-5-1-4-13(12-14)16(20)17-7-3-10-21-11-9-17/h1,4-5,12H,2-3,6-11H2. The number of carbonyl (C=O) groups excluding carboxylic acids is 2. The van der Waals surface area contributed by atoms with Crippen molar-refractivity contribution in [1.82, 2.24) is 4.90 Å². The summed E-state index contributed by atoms with van der Waals surface area (Å²) in [5.74, 6) is 2.39. The van der Waals surface area contributed by atoms with E-state index in [-0.39, 0.29) is 11.8 Å². The van der Waals surface area contributed by atoms with E-state index in [0.29, 0.717) is 12.0 Å². The van der Waals surface area contributed by atoms with Gasteiger partial charge >= 0.3 is 0 Å². The molecule has 0 aliphatic carbocycles. The highest BCUT2D eigenvalue weighted by Crippen LogP contribution is 2.23. The molecular formula is C16H20N2O2S. The van der Waals surface area contributed by atoms with Crippen LogP contribution in [-0.2, 0) is 4.79 Å². The maximum atomic E-state index is 12.6. The van der Waals surface area contributed by atoms with Crippen LogP contribution in [-0.4, -0.2) is 47.9 Å². The molecule has 1 aromatic carbocycles. The molecule has 0 unspecified atom stereocenters. The van der Waals surface area contributed by atoms with Crippen LogP contribution in [0.1, 0.15) is 29.6 Å². The number of thioether (sulfide) groups is 1. The smallest absolute Gasteiger partial charge is 0.253 e. The molecule has 0 bridgehead atoms. The van der Waals surface area contributed by atoms with Crippen LogP contribution in [0.4, 0.5) is 5.69 Å². The Balaban J connectivity index is 1.78. The van der Waals surface area contributed by atoms with Gasteiger partial charge in [-0.3, -0.25) is 9.59 Å². The minimum Gasteiger partial charge on any atom is -0.338 e. The topological polar surface area (TPSA) is 40.6 Å². The fourth-order valence-corrected chi connectivity index (χ4v) is 3.75. The van der Waals surface area contributed by atoms with Crippen molar-refractivity contribution in [1.29, 1.82) is 0 Å². The quantitative estimate of drug-likeness (QED) is 0.842. The Kier molecular flexibility index (Phi) is 4.48. The Bertz CT molecular complexity index is 539. The average molecular weight is 304 g/mol. The molecule has 2 fully saturated rings. The van der Waals surface area contributed by atoms with Crippen molar-refractivity contribution in [2.75, 3.05) is 36.0 Å². The third kappa shape index (κ3) is 3.23. The molecule has 1 aromatic rings. The molecule has 2 saturated heterocycles. The predicted octanol–water partition coefficient (Wildman–Crippen LogP) is 2.39. The zero-order chi connectivity index (χ0) is 14.7. The summed E-state index contributed by atoms with van der Waals surface area (Å²) in [5.41, 5.74) is 1.55. The van der Waals surface area contributed by atoms with Gasteiger partial charge in [0, 0.05) is 43.1 Å². The minimum absolute atomic E-state index is 0.0889. The minimum atomic E-state index is 0.0889. The largest absolute Gasteiger partial charge is 0.338 e. The van der Waals surface area contributed by atoms with Crippen molar-refractivity contribution >= 4 is 29.3 Å². The van der Waals surface area contributed by atoms with Gasteiger partial charge in [-0.25, -0.2) is 0 Å². The number of nitrogens with zero attached hydrogens (tertiary/aromatic N) is 2. The fourth-order valence-electron chi connectivity index (χ4n) is 2.86. The number of carbonyl (C=O) groups is 2. The van der Waals surface area contributed by atoms with Crippen molar-refractivity contribution < 1.29 is 9.59 Å². The molecule has 0 radical (unpaired) electrons. The van der Waals surface area contributed by atoms with Crippen LogP contribution in [0.15, 0.2) is 24.3 Å². The number of rotatable bonds is 2. The van der Waals surface area contributed by atoms with Crippen molar-refractivity contribution in [3.63, 3.8) is 0 Å². The zero-order valence-electron chi connectivity index (χ0n) is 12.1. The fraction of sp³-hybridized carbons (Fsp3) is 0.500. The van der Waals surface area contributed by atoms with Crippen molar-refractivity contribution in [3.8, 4) is 0 Å². The predicted molar refractivity (Wildman–Crippen MR) is 85.9 cm³/mol. The van der Waals surface area contributed by atoms with Crippen LogP contribution in [0.25, 0.3) is 0 Å². The van der Waals surface area contributed by atoms with Gasteiger partial charge in [-0.05, 0) is 36.8 Å². The molecule has 0 saturated carbocycles. The summed E-state index contributed by atoms with van der Waals surface area (Å²) in [6.45, 7) is 2.41. The average Bonchev–Trinajstić information content (AvgIpc) is 2.77. The maximum absolute atomic E-state index is 12.6. The molecule has 0 spiro atoms. The normalized spacial score (nSPS) is 19.7. The van der Waals surface area contributed by atoms with Gasteiger partial charge in [0.05, 0.1) is 0 Å². The second-order valence-electron chi connectivity index (χ2n) is 5.46. The highest BCUT2D eigenvalue weighted by Gasteiger charge is 2.23. The van der Waals surface area contributed by atoms with Gasteiger partial charge < -0.3 is 9.80 Å². The van der Waals surface area contributed by atoms with Gasteiger partial charge in [0.15, 0.2) is 0 Å². The lowest BCUT2D eigenvalue weighted by Crippen LogP contribution is -2.33. The first-order chi connectivity index (χ1) is 10.3. The van der Waals surface area contributed by atoms with E-state index >= 15 is 0 Å². The monoisotopic (exact) mass is 304 g/mol. The lowest BCUT2D eigenvalue weighted by molar-refractivity contribution is -0.117. The van der Waals surface area contributed by atoms with Gasteiger partial charge in [0.2, 0.25) is 5.91 Å². The van der Waals surface area contributed by atoms with Gasteiger partial charge in [-0.2, -0.15) is 11.8 Å². The summed E-state index contributed by atoms with van der Waals surface area (Å²) in [4.78, 5) is 28.2. The molecule has 5 heteroatoms. The summed E-state index contributed by atoms with van der Waals surface area (Å²) < 4.78 is 0. The Labute approximate surface area is 129 Å². The van der Waals surface area contributed by atoms with Crippen LogP contribution in [0.2, 0.25) is 0 Å². The number of benzene rings is 1. The van der Waals surface area contributed by atoms with E-state index in [2.05, 4.69) is 0 Å². The lowest BCUT2D eigenvalue weighted by Gasteiger charge is -2.21. The zero-order valence-corrected chi connectivity index (χ0v) is 12.9. The van der Waals surface area contributed by atoms with E-state index in [1.807, 2.05) is 40.9 Å². The third-order valence-corrected chi connectivity index (χ3v) is 5.04. The summed E-state index contributed by atoms with van der Waals surface area (Å²) >= 11 is 1.91. The first-order valence-electron chi connectivity index (χ1n) is 7.53. The van der Waals surface area contributed by atoms with E-state index in [4.69, 9.17) is 0 Å². The SMILES string of the molecule is O=C(c1cccc(N2CCCC2=O)c1)N1CCCSCC1. The van der Waals surface area contributed by atoms with Crippen LogP contribution in [0, 0.1) is 0 Å². The van der Waals surface area contributed by atoms with Crippen LogP contribution in [0.3, 0.4) is 0 Å². The van der Waals surface area contributed by atoms with E-state index in [0.717, 1.165) is 49.7 Å². The van der Waals surface area contributed by atoms with Gasteiger partial charge in [0.1, 0.15) is 0 Å². The highest BCUT2D eigenvalue weighted by atomic mass is 32.2. The molecule has 0 atom stereocenters. The molecule has 112 valence electrons. The maximum Gasteiger partial charge on any atom is 0.253 e. The lowest BCUT2D eigenvalue weighted by atomic mass is 10.1. The second kappa shape index (κ2) is 6.52. The van der Waals surface area contributed by atoms with E-state index in [9.17, 15) is 9.59 Å². The van der Waals surface area contributed by atoms with Crippen LogP contribution >= 0.6 is 11.8 Å². The molecular weight excluding hydrogens is 284 g/mol. The van der Waals surface area contributed by atoms with E-state index in [1.54, 1.807) is 4.90 Å².